The van der Waals surface area contributed by atoms with Crippen LogP contribution in [0, 0.1) is 12.3 Å². The first-order valence-corrected chi connectivity index (χ1v) is 9.75. The third-order valence-electron chi connectivity index (χ3n) is 5.03. The van der Waals surface area contributed by atoms with Gasteiger partial charge in [0.25, 0.3) is 0 Å². The molecule has 0 unspecified atom stereocenters. The van der Waals surface area contributed by atoms with E-state index in [9.17, 15) is 8.42 Å². The second-order valence-corrected chi connectivity index (χ2v) is 8.96. The van der Waals surface area contributed by atoms with E-state index in [0.29, 0.717) is 9.92 Å². The van der Waals surface area contributed by atoms with Gasteiger partial charge in [-0.2, -0.15) is 0 Å². The number of hydrogen-bond donors (Lipinski definition) is 2. The number of benzene rings is 2. The number of sulfone groups is 1. The van der Waals surface area contributed by atoms with Crippen LogP contribution in [-0.2, 0) is 9.84 Å². The molecule has 1 aliphatic rings. The molecular weight excluding hydrogens is 344 g/mol. The molecule has 128 valence electrons. The second-order valence-electron chi connectivity index (χ2n) is 6.45. The van der Waals surface area contributed by atoms with Crippen LogP contribution >= 0.6 is 11.6 Å². The van der Waals surface area contributed by atoms with Crippen LogP contribution in [0.4, 0.5) is 0 Å². The van der Waals surface area contributed by atoms with Gasteiger partial charge in [0.2, 0.25) is 0 Å². The molecule has 2 atom stereocenters. The van der Waals surface area contributed by atoms with Gasteiger partial charge in [0.05, 0.1) is 10.1 Å². The molecule has 2 aromatic carbocycles. The van der Waals surface area contributed by atoms with Crippen molar-refractivity contribution in [2.75, 3.05) is 13.1 Å². The Labute approximate surface area is 147 Å². The van der Waals surface area contributed by atoms with Crippen molar-refractivity contribution >= 4 is 21.4 Å². The fraction of sp³-hybridized carbons (Fsp3) is 0.333. The molecule has 1 saturated carbocycles. The molecule has 2 aromatic rings. The molecule has 0 aliphatic heterocycles. The molecule has 4 nitrogen and oxygen atoms in total. The minimum Gasteiger partial charge on any atom is -0.330 e. The Kier molecular flexibility index (Phi) is 4.47. The first kappa shape index (κ1) is 17.4. The lowest BCUT2D eigenvalue weighted by molar-refractivity contribution is 0.510. The molecule has 0 spiro atoms. The van der Waals surface area contributed by atoms with Crippen LogP contribution in [0.1, 0.15) is 17.0 Å². The van der Waals surface area contributed by atoms with E-state index >= 15 is 0 Å². The number of nitrogens with two attached hydrogens (primary N) is 2. The van der Waals surface area contributed by atoms with E-state index in [4.69, 9.17) is 23.1 Å². The summed E-state index contributed by atoms with van der Waals surface area (Å²) in [5.74, 6) is -0.238. The van der Waals surface area contributed by atoms with Crippen LogP contribution in [0.25, 0.3) is 0 Å². The summed E-state index contributed by atoms with van der Waals surface area (Å²) in [6, 6.07) is 14.2. The average Bonchev–Trinajstić information content (AvgIpc) is 3.26. The lowest BCUT2D eigenvalue weighted by atomic mass is 9.99. The molecule has 1 fully saturated rings. The zero-order chi connectivity index (χ0) is 17.5. The highest BCUT2D eigenvalue weighted by Crippen LogP contribution is 2.63. The van der Waals surface area contributed by atoms with Crippen LogP contribution in [0.2, 0.25) is 5.02 Å². The Bertz CT molecular complexity index is 846. The van der Waals surface area contributed by atoms with Crippen molar-refractivity contribution in [1.82, 2.24) is 0 Å². The predicted octanol–water partition coefficient (Wildman–Crippen LogP) is 2.49. The average molecular weight is 365 g/mol. The molecule has 0 saturated heterocycles. The Morgan fingerprint density at radius 2 is 1.71 bits per heavy atom. The van der Waals surface area contributed by atoms with E-state index in [1.807, 2.05) is 19.1 Å². The van der Waals surface area contributed by atoms with Crippen molar-refractivity contribution in [1.29, 1.82) is 0 Å². The van der Waals surface area contributed by atoms with E-state index in [1.54, 1.807) is 36.4 Å². The molecule has 0 heterocycles. The SMILES string of the molecule is Cc1ccc(S(=O)(=O)[C@H]2[C@H](c3cccc(Cl)c3)C2(CN)CN)cc1. The smallest absolute Gasteiger partial charge is 0.182 e. The van der Waals surface area contributed by atoms with Gasteiger partial charge in [-0.3, -0.25) is 0 Å². The molecule has 6 heteroatoms. The normalized spacial score (nSPS) is 22.3. The van der Waals surface area contributed by atoms with Crippen LogP contribution < -0.4 is 11.5 Å². The fourth-order valence-corrected chi connectivity index (χ4v) is 6.26. The highest BCUT2D eigenvalue weighted by atomic mass is 35.5. The van der Waals surface area contributed by atoms with Crippen molar-refractivity contribution in [2.24, 2.45) is 16.9 Å². The quantitative estimate of drug-likeness (QED) is 0.853. The molecule has 4 N–H and O–H groups in total. The third kappa shape index (κ3) is 2.65. The zero-order valence-corrected chi connectivity index (χ0v) is 15.0. The Morgan fingerprint density at radius 3 is 2.25 bits per heavy atom. The monoisotopic (exact) mass is 364 g/mol. The summed E-state index contributed by atoms with van der Waals surface area (Å²) in [4.78, 5) is 0.314. The van der Waals surface area contributed by atoms with E-state index in [1.165, 1.54) is 0 Å². The Balaban J connectivity index is 2.06. The van der Waals surface area contributed by atoms with Gasteiger partial charge in [-0.15, -0.1) is 0 Å². The molecule has 0 amide bonds. The second kappa shape index (κ2) is 6.15. The zero-order valence-electron chi connectivity index (χ0n) is 13.4. The molecule has 0 radical (unpaired) electrons. The van der Waals surface area contributed by atoms with Gasteiger partial charge in [-0.25, -0.2) is 8.42 Å². The third-order valence-corrected chi connectivity index (χ3v) is 7.61. The summed E-state index contributed by atoms with van der Waals surface area (Å²) in [5, 5.41) is -0.0463. The summed E-state index contributed by atoms with van der Waals surface area (Å²) in [5.41, 5.74) is 13.2. The van der Waals surface area contributed by atoms with Crippen LogP contribution in [0.5, 0.6) is 0 Å². The molecular formula is C18H21ClN2O2S. The van der Waals surface area contributed by atoms with Crippen molar-refractivity contribution in [3.05, 3.63) is 64.7 Å². The maximum Gasteiger partial charge on any atom is 0.182 e. The highest BCUT2D eigenvalue weighted by Gasteiger charge is 2.69. The topological polar surface area (TPSA) is 86.2 Å². The van der Waals surface area contributed by atoms with Crippen molar-refractivity contribution < 1.29 is 8.42 Å². The number of aryl methyl sites for hydroxylation is 1. The minimum absolute atomic E-state index is 0.219. The van der Waals surface area contributed by atoms with E-state index < -0.39 is 20.5 Å². The van der Waals surface area contributed by atoms with E-state index in [2.05, 4.69) is 0 Å². The van der Waals surface area contributed by atoms with Crippen LogP contribution in [0.15, 0.2) is 53.4 Å². The van der Waals surface area contributed by atoms with Crippen molar-refractivity contribution in [3.63, 3.8) is 0 Å². The summed E-state index contributed by atoms with van der Waals surface area (Å²) in [6.45, 7) is 2.36. The first-order valence-electron chi connectivity index (χ1n) is 7.83. The van der Waals surface area contributed by atoms with Crippen molar-refractivity contribution in [2.45, 2.75) is 23.0 Å². The summed E-state index contributed by atoms with van der Waals surface area (Å²) in [7, 11) is -3.53. The highest BCUT2D eigenvalue weighted by molar-refractivity contribution is 7.92. The standard InChI is InChI=1S/C18H21ClN2O2S/c1-12-5-7-15(8-6-12)24(22,23)17-16(18(17,10-20)11-21)13-3-2-4-14(19)9-13/h2-9,16-17H,10-11,20-21H2,1H3/t16-,17-/m0/s1. The van der Waals surface area contributed by atoms with Gasteiger partial charge in [0.15, 0.2) is 9.84 Å². The Morgan fingerprint density at radius 1 is 1.08 bits per heavy atom. The summed E-state index contributed by atoms with van der Waals surface area (Å²) < 4.78 is 26.3. The van der Waals surface area contributed by atoms with Crippen LogP contribution in [-0.4, -0.2) is 26.8 Å². The minimum atomic E-state index is -3.53. The summed E-state index contributed by atoms with van der Waals surface area (Å²) >= 11 is 6.08. The maximum atomic E-state index is 13.2. The molecule has 24 heavy (non-hydrogen) atoms. The molecule has 3 rings (SSSR count). The van der Waals surface area contributed by atoms with Gasteiger partial charge in [-0.05, 0) is 36.8 Å². The number of rotatable bonds is 5. The van der Waals surface area contributed by atoms with Gasteiger partial charge < -0.3 is 11.5 Å². The van der Waals surface area contributed by atoms with E-state index in [0.717, 1.165) is 11.1 Å². The van der Waals surface area contributed by atoms with Gasteiger partial charge >= 0.3 is 0 Å². The number of halogens is 1. The van der Waals surface area contributed by atoms with Crippen molar-refractivity contribution in [3.8, 4) is 0 Å². The first-order chi connectivity index (χ1) is 11.4. The van der Waals surface area contributed by atoms with Gasteiger partial charge in [-0.1, -0.05) is 41.4 Å². The summed E-state index contributed by atoms with van der Waals surface area (Å²) in [6.07, 6.45) is 0. The fourth-order valence-electron chi connectivity index (χ4n) is 3.59. The molecule has 0 aromatic heterocycles. The molecule has 0 bridgehead atoms. The van der Waals surface area contributed by atoms with Crippen LogP contribution in [0.3, 0.4) is 0 Å². The molecule has 1 aliphatic carbocycles. The van der Waals surface area contributed by atoms with E-state index in [-0.39, 0.29) is 19.0 Å². The lowest BCUT2D eigenvalue weighted by Crippen LogP contribution is -2.31. The Hall–Kier alpha value is -1.40. The number of hydrogen-bond acceptors (Lipinski definition) is 4. The lowest BCUT2D eigenvalue weighted by Gasteiger charge is -2.13. The van der Waals surface area contributed by atoms with Gasteiger partial charge in [0, 0.05) is 29.4 Å². The predicted molar refractivity (Wildman–Crippen MR) is 96.9 cm³/mol. The largest absolute Gasteiger partial charge is 0.330 e. The maximum absolute atomic E-state index is 13.2. The van der Waals surface area contributed by atoms with Gasteiger partial charge in [0.1, 0.15) is 0 Å².